The highest BCUT2D eigenvalue weighted by molar-refractivity contribution is 5.81. The Morgan fingerprint density at radius 3 is 2.76 bits per heavy atom. The topological polar surface area (TPSA) is 41.6 Å². The first-order valence-electron chi connectivity index (χ1n) is 8.57. The summed E-state index contributed by atoms with van der Waals surface area (Å²) in [7, 11) is 0. The second kappa shape index (κ2) is 7.59. The van der Waals surface area contributed by atoms with E-state index in [0.29, 0.717) is 12.0 Å². The van der Waals surface area contributed by atoms with Crippen molar-refractivity contribution in [2.24, 2.45) is 11.3 Å². The van der Waals surface area contributed by atoms with Gasteiger partial charge in [-0.3, -0.25) is 9.69 Å². The van der Waals surface area contributed by atoms with Gasteiger partial charge in [-0.15, -0.1) is 0 Å². The van der Waals surface area contributed by atoms with E-state index in [2.05, 4.69) is 10.2 Å². The zero-order valence-electron chi connectivity index (χ0n) is 14.0. The molecule has 2 aliphatic rings. The van der Waals surface area contributed by atoms with Crippen LogP contribution in [0.25, 0.3) is 0 Å². The lowest BCUT2D eigenvalue weighted by Crippen LogP contribution is -2.47. The first kappa shape index (κ1) is 16.8. The Balaban J connectivity index is 1.79. The third-order valence-electron chi connectivity index (χ3n) is 4.72. The highest BCUT2D eigenvalue weighted by Gasteiger charge is 2.28. The molecular weight excluding hydrogens is 264 g/mol. The molecule has 0 radical (unpaired) electrons. The molecule has 0 bridgehead atoms. The van der Waals surface area contributed by atoms with E-state index in [0.717, 1.165) is 26.3 Å². The fourth-order valence-electron chi connectivity index (χ4n) is 3.35. The summed E-state index contributed by atoms with van der Waals surface area (Å²) in [6, 6.07) is 0.689. The molecule has 21 heavy (non-hydrogen) atoms. The van der Waals surface area contributed by atoms with E-state index in [1.807, 2.05) is 20.8 Å². The zero-order valence-corrected chi connectivity index (χ0v) is 14.0. The van der Waals surface area contributed by atoms with Crippen molar-refractivity contribution in [3.05, 3.63) is 0 Å². The predicted molar refractivity (Wildman–Crippen MR) is 85.2 cm³/mol. The van der Waals surface area contributed by atoms with Crippen molar-refractivity contribution in [3.8, 4) is 0 Å². The second-order valence-electron chi connectivity index (χ2n) is 7.66. The molecule has 2 rings (SSSR count). The van der Waals surface area contributed by atoms with Crippen LogP contribution < -0.4 is 5.32 Å². The molecular formula is C17H32N2O2. The third kappa shape index (κ3) is 5.26. The Kier molecular flexibility index (Phi) is 6.06. The van der Waals surface area contributed by atoms with Gasteiger partial charge in [-0.2, -0.15) is 0 Å². The average Bonchev–Trinajstić information content (AvgIpc) is 2.73. The highest BCUT2D eigenvalue weighted by atomic mass is 16.5. The number of carbonyl (C=O) groups excluding carboxylic acids is 1. The minimum Gasteiger partial charge on any atom is -0.381 e. The monoisotopic (exact) mass is 296 g/mol. The quantitative estimate of drug-likeness (QED) is 0.869. The van der Waals surface area contributed by atoms with E-state index >= 15 is 0 Å². The number of likely N-dealkylation sites (tertiary alicyclic amines) is 1. The molecule has 2 heterocycles. The van der Waals surface area contributed by atoms with Gasteiger partial charge in [0, 0.05) is 37.8 Å². The molecule has 122 valence electrons. The maximum atomic E-state index is 12.0. The van der Waals surface area contributed by atoms with Crippen LogP contribution in [0.4, 0.5) is 0 Å². The number of rotatable bonds is 3. The SMILES string of the molecule is CC(C)(C)C(=O)NC[C@H]1CCCN([C@@H]2CCCOCC2)C1. The second-order valence-corrected chi connectivity index (χ2v) is 7.66. The van der Waals surface area contributed by atoms with Gasteiger partial charge in [0.2, 0.25) is 5.91 Å². The van der Waals surface area contributed by atoms with Crippen LogP contribution in [0.5, 0.6) is 0 Å². The smallest absolute Gasteiger partial charge is 0.225 e. The number of hydrogen-bond acceptors (Lipinski definition) is 3. The van der Waals surface area contributed by atoms with Crippen molar-refractivity contribution in [3.63, 3.8) is 0 Å². The largest absolute Gasteiger partial charge is 0.381 e. The van der Waals surface area contributed by atoms with Gasteiger partial charge < -0.3 is 10.1 Å². The maximum Gasteiger partial charge on any atom is 0.225 e. The van der Waals surface area contributed by atoms with E-state index in [1.54, 1.807) is 0 Å². The van der Waals surface area contributed by atoms with Gasteiger partial charge in [0.15, 0.2) is 0 Å². The molecule has 0 saturated carbocycles. The molecule has 1 amide bonds. The van der Waals surface area contributed by atoms with Gasteiger partial charge in [0.1, 0.15) is 0 Å². The summed E-state index contributed by atoms with van der Waals surface area (Å²) in [5, 5.41) is 3.14. The minimum absolute atomic E-state index is 0.169. The maximum absolute atomic E-state index is 12.0. The van der Waals surface area contributed by atoms with Crippen molar-refractivity contribution >= 4 is 5.91 Å². The van der Waals surface area contributed by atoms with Gasteiger partial charge in [0.25, 0.3) is 0 Å². The van der Waals surface area contributed by atoms with Gasteiger partial charge >= 0.3 is 0 Å². The molecule has 4 nitrogen and oxygen atoms in total. The van der Waals surface area contributed by atoms with Crippen molar-refractivity contribution in [1.29, 1.82) is 0 Å². The lowest BCUT2D eigenvalue weighted by Gasteiger charge is -2.38. The third-order valence-corrected chi connectivity index (χ3v) is 4.72. The van der Waals surface area contributed by atoms with E-state index in [4.69, 9.17) is 4.74 Å². The van der Waals surface area contributed by atoms with Crippen LogP contribution in [-0.4, -0.2) is 49.7 Å². The normalized spacial score (nSPS) is 28.9. The van der Waals surface area contributed by atoms with Crippen LogP contribution in [0.3, 0.4) is 0 Å². The van der Waals surface area contributed by atoms with Gasteiger partial charge in [-0.1, -0.05) is 20.8 Å². The summed E-state index contributed by atoms with van der Waals surface area (Å²) in [5.41, 5.74) is -0.285. The fraction of sp³-hybridized carbons (Fsp3) is 0.941. The van der Waals surface area contributed by atoms with E-state index < -0.39 is 0 Å². The molecule has 0 unspecified atom stereocenters. The van der Waals surface area contributed by atoms with Crippen molar-refractivity contribution in [2.75, 3.05) is 32.8 Å². The average molecular weight is 296 g/mol. The van der Waals surface area contributed by atoms with Crippen LogP contribution in [0.1, 0.15) is 52.9 Å². The molecule has 2 fully saturated rings. The summed E-state index contributed by atoms with van der Waals surface area (Å²) in [5.74, 6) is 0.775. The Labute approximate surface area is 129 Å². The lowest BCUT2D eigenvalue weighted by molar-refractivity contribution is -0.128. The molecule has 0 aromatic rings. The molecule has 4 heteroatoms. The summed E-state index contributed by atoms with van der Waals surface area (Å²) in [6.45, 7) is 10.9. The molecule has 0 aliphatic carbocycles. The van der Waals surface area contributed by atoms with Crippen molar-refractivity contribution in [1.82, 2.24) is 10.2 Å². The van der Waals surface area contributed by atoms with Crippen LogP contribution in [0.2, 0.25) is 0 Å². The number of nitrogens with zero attached hydrogens (tertiary/aromatic N) is 1. The molecule has 1 N–H and O–H groups in total. The van der Waals surface area contributed by atoms with E-state index in [1.165, 1.54) is 38.6 Å². The number of ether oxygens (including phenoxy) is 1. The molecule has 2 atom stereocenters. The fourth-order valence-corrected chi connectivity index (χ4v) is 3.35. The summed E-state index contributed by atoms with van der Waals surface area (Å²) >= 11 is 0. The molecule has 0 spiro atoms. The van der Waals surface area contributed by atoms with Crippen molar-refractivity contribution in [2.45, 2.75) is 58.9 Å². The summed E-state index contributed by atoms with van der Waals surface area (Å²) < 4.78 is 5.58. The van der Waals surface area contributed by atoms with E-state index in [9.17, 15) is 4.79 Å². The number of nitrogens with one attached hydrogen (secondary N) is 1. The number of amides is 1. The molecule has 2 saturated heterocycles. The highest BCUT2D eigenvalue weighted by Crippen LogP contribution is 2.23. The standard InChI is InChI=1S/C17H32N2O2/c1-17(2,3)16(20)18-12-14-6-4-9-19(13-14)15-7-5-10-21-11-8-15/h14-15H,4-13H2,1-3H3,(H,18,20)/t14-,15-/m1/s1. The van der Waals surface area contributed by atoms with Crippen LogP contribution in [0.15, 0.2) is 0 Å². The Bertz CT molecular complexity index is 330. The Morgan fingerprint density at radius 1 is 1.19 bits per heavy atom. The van der Waals surface area contributed by atoms with Gasteiger partial charge in [-0.25, -0.2) is 0 Å². The lowest BCUT2D eigenvalue weighted by atomic mass is 9.93. The number of carbonyl (C=O) groups is 1. The van der Waals surface area contributed by atoms with Crippen LogP contribution in [0, 0.1) is 11.3 Å². The van der Waals surface area contributed by atoms with E-state index in [-0.39, 0.29) is 11.3 Å². The molecule has 0 aromatic heterocycles. The van der Waals surface area contributed by atoms with Gasteiger partial charge in [-0.05, 0) is 44.6 Å². The Hall–Kier alpha value is -0.610. The number of hydrogen-bond donors (Lipinski definition) is 1. The van der Waals surface area contributed by atoms with Crippen LogP contribution >= 0.6 is 0 Å². The minimum atomic E-state index is -0.285. The molecule has 2 aliphatic heterocycles. The Morgan fingerprint density at radius 2 is 2.00 bits per heavy atom. The summed E-state index contributed by atoms with van der Waals surface area (Å²) in [4.78, 5) is 14.6. The predicted octanol–water partition coefficient (Wildman–Crippen LogP) is 2.43. The zero-order chi connectivity index (χ0) is 15.3. The first-order chi connectivity index (χ1) is 9.97. The van der Waals surface area contributed by atoms with Gasteiger partial charge in [0.05, 0.1) is 0 Å². The van der Waals surface area contributed by atoms with Crippen molar-refractivity contribution < 1.29 is 9.53 Å². The molecule has 0 aromatic carbocycles. The van der Waals surface area contributed by atoms with Crippen LogP contribution in [-0.2, 0) is 9.53 Å². The summed E-state index contributed by atoms with van der Waals surface area (Å²) in [6.07, 6.45) is 6.12. The number of piperidine rings is 1. The first-order valence-corrected chi connectivity index (χ1v) is 8.57.